The minimum atomic E-state index is -3.83. The summed E-state index contributed by atoms with van der Waals surface area (Å²) in [5, 5.41) is 1.18. The number of hydrogen-bond donors (Lipinski definition) is 0. The van der Waals surface area contributed by atoms with Crippen LogP contribution in [0.1, 0.15) is 24.6 Å². The summed E-state index contributed by atoms with van der Waals surface area (Å²) >= 11 is 6.07. The number of aryl methyl sites for hydroxylation is 1. The minimum absolute atomic E-state index is 0.0192. The van der Waals surface area contributed by atoms with Crippen molar-refractivity contribution in [3.05, 3.63) is 64.8 Å². The predicted octanol–water partition coefficient (Wildman–Crippen LogP) is 4.36. The number of carbonyl (C=O) groups is 1. The van der Waals surface area contributed by atoms with Crippen molar-refractivity contribution in [3.63, 3.8) is 0 Å². The minimum Gasteiger partial charge on any atom is -0.299 e. The summed E-state index contributed by atoms with van der Waals surface area (Å²) in [5.74, 6) is -0.0192. The number of rotatable bonds is 5. The molecule has 0 atom stereocenters. The lowest BCUT2D eigenvalue weighted by molar-refractivity contribution is -0.118. The van der Waals surface area contributed by atoms with Gasteiger partial charge >= 0.3 is 0 Å². The Bertz CT molecular complexity index is 1050. The largest absolute Gasteiger partial charge is 0.299 e. The number of ketones is 1. The van der Waals surface area contributed by atoms with Crippen molar-refractivity contribution < 1.29 is 13.2 Å². The van der Waals surface area contributed by atoms with E-state index in [9.17, 15) is 13.2 Å². The summed E-state index contributed by atoms with van der Waals surface area (Å²) < 4.78 is 27.7. The van der Waals surface area contributed by atoms with Gasteiger partial charge in [-0.05, 0) is 37.3 Å². The molecule has 0 bridgehead atoms. The van der Waals surface area contributed by atoms with Crippen molar-refractivity contribution in [1.82, 2.24) is 3.97 Å². The van der Waals surface area contributed by atoms with Crippen LogP contribution in [0.25, 0.3) is 10.9 Å². The first kappa shape index (κ1) is 17.7. The van der Waals surface area contributed by atoms with E-state index in [1.54, 1.807) is 55.5 Å². The second kappa shape index (κ2) is 6.65. The van der Waals surface area contributed by atoms with Crippen molar-refractivity contribution >= 4 is 38.3 Å². The second-order valence-corrected chi connectivity index (χ2v) is 8.21. The highest BCUT2D eigenvalue weighted by molar-refractivity contribution is 7.90. The lowest BCUT2D eigenvalue weighted by Crippen LogP contribution is -2.17. The lowest BCUT2D eigenvalue weighted by Gasteiger charge is -2.12. The third-order valence-electron chi connectivity index (χ3n) is 4.13. The molecule has 0 radical (unpaired) electrons. The summed E-state index contributed by atoms with van der Waals surface area (Å²) in [4.78, 5) is 12.1. The second-order valence-electron chi connectivity index (χ2n) is 5.99. The Labute approximate surface area is 152 Å². The Morgan fingerprint density at radius 2 is 1.76 bits per heavy atom. The lowest BCUT2D eigenvalue weighted by atomic mass is 10.2. The van der Waals surface area contributed by atoms with Crippen molar-refractivity contribution in [1.29, 1.82) is 0 Å². The molecule has 0 saturated carbocycles. The van der Waals surface area contributed by atoms with Gasteiger partial charge in [0.1, 0.15) is 5.78 Å². The summed E-state index contributed by atoms with van der Waals surface area (Å²) in [6, 6.07) is 13.5. The molecule has 6 heteroatoms. The van der Waals surface area contributed by atoms with E-state index in [1.165, 1.54) is 3.97 Å². The number of aromatic nitrogens is 1. The monoisotopic (exact) mass is 375 g/mol. The van der Waals surface area contributed by atoms with Gasteiger partial charge in [0.15, 0.2) is 0 Å². The first-order valence-electron chi connectivity index (χ1n) is 7.96. The SMILES string of the molecule is CCC(=O)Cc1cc2ccc(Cl)cc2n1S(=O)(=O)c1ccc(C)cc1. The Morgan fingerprint density at radius 1 is 1.08 bits per heavy atom. The van der Waals surface area contributed by atoms with Crippen molar-refractivity contribution in [2.45, 2.75) is 31.6 Å². The quantitative estimate of drug-likeness (QED) is 0.665. The van der Waals surface area contributed by atoms with Crippen LogP contribution in [-0.4, -0.2) is 18.2 Å². The molecule has 3 aromatic rings. The molecule has 25 heavy (non-hydrogen) atoms. The number of fused-ring (bicyclic) bond motifs is 1. The van der Waals surface area contributed by atoms with Gasteiger partial charge in [-0.1, -0.05) is 42.3 Å². The number of hydrogen-bond acceptors (Lipinski definition) is 3. The van der Waals surface area contributed by atoms with Crippen molar-refractivity contribution in [2.75, 3.05) is 0 Å². The van der Waals surface area contributed by atoms with E-state index in [2.05, 4.69) is 0 Å². The van der Waals surface area contributed by atoms with Crippen LogP contribution in [0.5, 0.6) is 0 Å². The number of benzene rings is 2. The van der Waals surface area contributed by atoms with Crippen molar-refractivity contribution in [3.8, 4) is 0 Å². The van der Waals surface area contributed by atoms with Crippen LogP contribution in [0.2, 0.25) is 5.02 Å². The Morgan fingerprint density at radius 3 is 2.40 bits per heavy atom. The fourth-order valence-electron chi connectivity index (χ4n) is 2.76. The highest BCUT2D eigenvalue weighted by atomic mass is 35.5. The van der Waals surface area contributed by atoms with E-state index in [1.807, 2.05) is 6.92 Å². The van der Waals surface area contributed by atoms with E-state index >= 15 is 0 Å². The van der Waals surface area contributed by atoms with Crippen LogP contribution in [0.15, 0.2) is 53.4 Å². The average molecular weight is 376 g/mol. The predicted molar refractivity (Wildman–Crippen MR) is 99.7 cm³/mol. The Hall–Kier alpha value is -2.11. The van der Waals surface area contributed by atoms with Crippen molar-refractivity contribution in [2.24, 2.45) is 0 Å². The standard InChI is InChI=1S/C19H18ClNO3S/c1-3-17(22)12-16-10-14-6-7-15(20)11-19(14)21(16)25(23,24)18-8-4-13(2)5-9-18/h4-11H,3,12H2,1-2H3. The molecular weight excluding hydrogens is 358 g/mol. The fourth-order valence-corrected chi connectivity index (χ4v) is 4.46. The molecule has 3 rings (SSSR count). The molecule has 0 spiro atoms. The van der Waals surface area contributed by atoms with Gasteiger partial charge in [0.25, 0.3) is 10.0 Å². The highest BCUT2D eigenvalue weighted by Gasteiger charge is 2.24. The number of Topliss-reactive ketones (excluding diaryl/α,β-unsaturated/α-hetero) is 1. The normalized spacial score (nSPS) is 11.8. The third-order valence-corrected chi connectivity index (χ3v) is 6.14. The zero-order chi connectivity index (χ0) is 18.2. The maximum Gasteiger partial charge on any atom is 0.268 e. The van der Waals surface area contributed by atoms with Gasteiger partial charge in [0.2, 0.25) is 0 Å². The summed E-state index contributed by atoms with van der Waals surface area (Å²) in [5.41, 5.74) is 1.90. The van der Waals surface area contributed by atoms with Crippen LogP contribution in [0.4, 0.5) is 0 Å². The van der Waals surface area contributed by atoms with Crippen LogP contribution >= 0.6 is 11.6 Å². The van der Waals surface area contributed by atoms with Crippen LogP contribution in [-0.2, 0) is 21.2 Å². The van der Waals surface area contributed by atoms with Gasteiger partial charge in [-0.3, -0.25) is 4.79 Å². The maximum atomic E-state index is 13.2. The molecule has 0 N–H and O–H groups in total. The van der Waals surface area contributed by atoms with Crippen LogP contribution in [0, 0.1) is 6.92 Å². The molecule has 2 aromatic carbocycles. The van der Waals surface area contributed by atoms with Gasteiger partial charge in [-0.25, -0.2) is 12.4 Å². The summed E-state index contributed by atoms with van der Waals surface area (Å²) in [6.45, 7) is 3.66. The van der Waals surface area contributed by atoms with Gasteiger partial charge in [-0.15, -0.1) is 0 Å². The molecule has 1 heterocycles. The molecule has 1 aromatic heterocycles. The molecule has 0 unspecified atom stereocenters. The van der Waals surface area contributed by atoms with E-state index in [4.69, 9.17) is 11.6 Å². The highest BCUT2D eigenvalue weighted by Crippen LogP contribution is 2.28. The zero-order valence-electron chi connectivity index (χ0n) is 14.0. The van der Waals surface area contributed by atoms with E-state index < -0.39 is 10.0 Å². The molecule has 0 aliphatic heterocycles. The van der Waals surface area contributed by atoms with Gasteiger partial charge < -0.3 is 0 Å². The molecule has 130 valence electrons. The fraction of sp³-hybridized carbons (Fsp3) is 0.211. The first-order valence-corrected chi connectivity index (χ1v) is 9.78. The molecule has 0 aliphatic rings. The molecule has 0 saturated heterocycles. The molecule has 0 fully saturated rings. The number of carbonyl (C=O) groups excluding carboxylic acids is 1. The van der Waals surface area contributed by atoms with E-state index in [0.717, 1.165) is 10.9 Å². The van der Waals surface area contributed by atoms with Gasteiger partial charge in [-0.2, -0.15) is 0 Å². The maximum absolute atomic E-state index is 13.2. The topological polar surface area (TPSA) is 56.1 Å². The third kappa shape index (κ3) is 3.34. The molecule has 0 aliphatic carbocycles. The van der Waals surface area contributed by atoms with E-state index in [-0.39, 0.29) is 17.1 Å². The summed E-state index contributed by atoms with van der Waals surface area (Å²) in [7, 11) is -3.83. The van der Waals surface area contributed by atoms with Gasteiger partial charge in [0, 0.05) is 28.9 Å². The van der Waals surface area contributed by atoms with E-state index in [0.29, 0.717) is 22.7 Å². The summed E-state index contributed by atoms with van der Waals surface area (Å²) in [6.07, 6.45) is 0.417. The smallest absolute Gasteiger partial charge is 0.268 e. The van der Waals surface area contributed by atoms with Crippen LogP contribution < -0.4 is 0 Å². The zero-order valence-corrected chi connectivity index (χ0v) is 15.6. The first-order chi connectivity index (χ1) is 11.8. The number of halogens is 1. The molecule has 4 nitrogen and oxygen atoms in total. The molecule has 0 amide bonds. The Balaban J connectivity index is 2.28. The Kier molecular flexibility index (Phi) is 4.71. The van der Waals surface area contributed by atoms with Gasteiger partial charge in [0.05, 0.1) is 10.4 Å². The number of nitrogens with zero attached hydrogens (tertiary/aromatic N) is 1. The van der Waals surface area contributed by atoms with Crippen LogP contribution in [0.3, 0.4) is 0 Å². The average Bonchev–Trinajstić information content (AvgIpc) is 2.92. The molecular formula is C19H18ClNO3S.